The Morgan fingerprint density at radius 3 is 3.00 bits per heavy atom. The van der Waals surface area contributed by atoms with Crippen LogP contribution < -0.4 is 10.8 Å². The van der Waals surface area contributed by atoms with E-state index in [0.717, 1.165) is 25.1 Å². The zero-order valence-electron chi connectivity index (χ0n) is 9.36. The van der Waals surface area contributed by atoms with E-state index in [2.05, 4.69) is 30.0 Å². The van der Waals surface area contributed by atoms with Gasteiger partial charge in [0.05, 0.1) is 0 Å². The first-order chi connectivity index (χ1) is 7.26. The maximum absolute atomic E-state index is 5.19. The van der Waals surface area contributed by atoms with Gasteiger partial charge in [0.1, 0.15) is 6.10 Å². The Labute approximate surface area is 90.8 Å². The van der Waals surface area contributed by atoms with Crippen molar-refractivity contribution >= 4 is 5.69 Å². The van der Waals surface area contributed by atoms with E-state index in [-0.39, 0.29) is 6.10 Å². The quantitative estimate of drug-likeness (QED) is 0.769. The summed E-state index contributed by atoms with van der Waals surface area (Å²) in [5.74, 6) is 5.19. The Balaban J connectivity index is 2.29. The third kappa shape index (κ3) is 1.85. The van der Waals surface area contributed by atoms with Crippen LogP contribution in [-0.2, 0) is 11.3 Å². The summed E-state index contributed by atoms with van der Waals surface area (Å²) in [4.78, 5) is 7.23. The molecule has 0 aromatic heterocycles. The number of nitrogens with two attached hydrogens (primary N) is 1. The molecule has 15 heavy (non-hydrogen) atoms. The maximum Gasteiger partial charge on any atom is 0.101 e. The molecule has 0 spiro atoms. The molecule has 0 saturated heterocycles. The minimum absolute atomic E-state index is 0.0222. The van der Waals surface area contributed by atoms with Gasteiger partial charge >= 0.3 is 0 Å². The number of anilines is 1. The van der Waals surface area contributed by atoms with Crippen molar-refractivity contribution in [3.63, 3.8) is 0 Å². The molecule has 1 aliphatic rings. The zero-order valence-corrected chi connectivity index (χ0v) is 9.36. The van der Waals surface area contributed by atoms with Gasteiger partial charge in [-0.05, 0) is 37.5 Å². The summed E-state index contributed by atoms with van der Waals surface area (Å²) < 4.78 is 0. The Morgan fingerprint density at radius 1 is 1.53 bits per heavy atom. The highest BCUT2D eigenvalue weighted by molar-refractivity contribution is 5.59. The number of nitrogens with zero attached hydrogens (tertiary/aromatic N) is 1. The first kappa shape index (κ1) is 10.5. The second kappa shape index (κ2) is 4.21. The van der Waals surface area contributed by atoms with Crippen LogP contribution in [-0.4, -0.2) is 13.1 Å². The van der Waals surface area contributed by atoms with Gasteiger partial charge in [0.25, 0.3) is 0 Å². The van der Waals surface area contributed by atoms with Crippen LogP contribution in [0.15, 0.2) is 18.2 Å². The maximum atomic E-state index is 5.19. The number of hydrogen-bond donors (Lipinski definition) is 1. The molecule has 3 nitrogen and oxygen atoms in total. The second-order valence-corrected chi connectivity index (χ2v) is 4.00. The van der Waals surface area contributed by atoms with Crippen LogP contribution in [0.4, 0.5) is 5.69 Å². The van der Waals surface area contributed by atoms with Gasteiger partial charge in [-0.1, -0.05) is 12.1 Å². The highest BCUT2D eigenvalue weighted by Crippen LogP contribution is 2.30. The van der Waals surface area contributed by atoms with E-state index in [1.807, 2.05) is 6.92 Å². The van der Waals surface area contributed by atoms with Gasteiger partial charge < -0.3 is 4.90 Å². The Morgan fingerprint density at radius 2 is 2.33 bits per heavy atom. The van der Waals surface area contributed by atoms with Crippen molar-refractivity contribution in [3.8, 4) is 0 Å². The van der Waals surface area contributed by atoms with Crippen molar-refractivity contribution in [1.82, 2.24) is 0 Å². The normalized spacial score (nSPS) is 16.6. The lowest BCUT2D eigenvalue weighted by Gasteiger charge is -2.17. The molecular weight excluding hydrogens is 188 g/mol. The summed E-state index contributed by atoms with van der Waals surface area (Å²) in [6.07, 6.45) is 1.11. The average Bonchev–Trinajstić information content (AvgIpc) is 2.69. The average molecular weight is 206 g/mol. The smallest absolute Gasteiger partial charge is 0.101 e. The molecule has 1 heterocycles. The van der Waals surface area contributed by atoms with Crippen molar-refractivity contribution in [2.45, 2.75) is 26.4 Å². The van der Waals surface area contributed by atoms with Gasteiger partial charge in [-0.2, -0.15) is 0 Å². The second-order valence-electron chi connectivity index (χ2n) is 4.00. The van der Waals surface area contributed by atoms with Gasteiger partial charge in [0, 0.05) is 18.8 Å². The number of hydrogen-bond acceptors (Lipinski definition) is 3. The molecule has 1 aromatic carbocycles. The molecule has 0 aliphatic carbocycles. The molecular formula is C12H18N2O. The van der Waals surface area contributed by atoms with Crippen molar-refractivity contribution in [2.75, 3.05) is 18.0 Å². The van der Waals surface area contributed by atoms with E-state index < -0.39 is 0 Å². The fraction of sp³-hybridized carbons (Fsp3) is 0.500. The summed E-state index contributed by atoms with van der Waals surface area (Å²) in [7, 11) is 0. The minimum Gasteiger partial charge on any atom is -0.371 e. The SMILES string of the molecule is CCN1CCc2cc(C(C)ON)ccc21. The molecule has 2 rings (SSSR count). The first-order valence-corrected chi connectivity index (χ1v) is 5.49. The van der Waals surface area contributed by atoms with Gasteiger partial charge in [0.2, 0.25) is 0 Å². The Hall–Kier alpha value is -1.06. The largest absolute Gasteiger partial charge is 0.371 e. The summed E-state index contributed by atoms with van der Waals surface area (Å²) in [5, 5.41) is 0. The monoisotopic (exact) mass is 206 g/mol. The van der Waals surface area contributed by atoms with Gasteiger partial charge in [-0.15, -0.1) is 0 Å². The predicted molar refractivity (Wildman–Crippen MR) is 61.7 cm³/mol. The van der Waals surface area contributed by atoms with Crippen LogP contribution >= 0.6 is 0 Å². The topological polar surface area (TPSA) is 38.5 Å². The summed E-state index contributed by atoms with van der Waals surface area (Å²) in [6, 6.07) is 6.49. The summed E-state index contributed by atoms with van der Waals surface area (Å²) >= 11 is 0. The van der Waals surface area contributed by atoms with E-state index in [0.29, 0.717) is 0 Å². The van der Waals surface area contributed by atoms with Crippen LogP contribution in [0, 0.1) is 0 Å². The van der Waals surface area contributed by atoms with Crippen molar-refractivity contribution in [3.05, 3.63) is 29.3 Å². The number of fused-ring (bicyclic) bond motifs is 1. The number of rotatable bonds is 3. The van der Waals surface area contributed by atoms with Gasteiger partial charge in [-0.3, -0.25) is 4.84 Å². The molecule has 2 N–H and O–H groups in total. The van der Waals surface area contributed by atoms with Crippen LogP contribution in [0.5, 0.6) is 0 Å². The molecule has 3 heteroatoms. The molecule has 0 radical (unpaired) electrons. The van der Waals surface area contributed by atoms with E-state index in [4.69, 9.17) is 10.7 Å². The standard InChI is InChI=1S/C12H18N2O/c1-3-14-7-6-11-8-10(9(2)15-13)4-5-12(11)14/h4-5,8-9H,3,6-7,13H2,1-2H3. The van der Waals surface area contributed by atoms with Crippen LogP contribution in [0.2, 0.25) is 0 Å². The number of benzene rings is 1. The molecule has 0 amide bonds. The highest BCUT2D eigenvalue weighted by atomic mass is 16.6. The van der Waals surface area contributed by atoms with Crippen molar-refractivity contribution in [1.29, 1.82) is 0 Å². The lowest BCUT2D eigenvalue weighted by Crippen LogP contribution is -2.19. The highest BCUT2D eigenvalue weighted by Gasteiger charge is 2.18. The molecule has 0 bridgehead atoms. The summed E-state index contributed by atoms with van der Waals surface area (Å²) in [6.45, 7) is 6.37. The van der Waals surface area contributed by atoms with Crippen LogP contribution in [0.25, 0.3) is 0 Å². The van der Waals surface area contributed by atoms with E-state index in [1.165, 1.54) is 11.3 Å². The van der Waals surface area contributed by atoms with Gasteiger partial charge in [-0.25, -0.2) is 5.90 Å². The first-order valence-electron chi connectivity index (χ1n) is 5.49. The Bertz CT molecular complexity index is 351. The molecule has 1 aromatic rings. The molecule has 1 atom stereocenters. The van der Waals surface area contributed by atoms with E-state index >= 15 is 0 Å². The van der Waals surface area contributed by atoms with Crippen LogP contribution in [0.1, 0.15) is 31.1 Å². The molecule has 0 saturated carbocycles. The lowest BCUT2D eigenvalue weighted by molar-refractivity contribution is 0.0664. The lowest BCUT2D eigenvalue weighted by atomic mass is 10.1. The predicted octanol–water partition coefficient (Wildman–Crippen LogP) is 2.02. The minimum atomic E-state index is -0.0222. The van der Waals surface area contributed by atoms with E-state index in [9.17, 15) is 0 Å². The molecule has 82 valence electrons. The summed E-state index contributed by atoms with van der Waals surface area (Å²) in [5.41, 5.74) is 3.94. The zero-order chi connectivity index (χ0) is 10.8. The third-order valence-electron chi connectivity index (χ3n) is 3.15. The molecule has 1 aliphatic heterocycles. The molecule has 1 unspecified atom stereocenters. The van der Waals surface area contributed by atoms with Gasteiger partial charge in [0.15, 0.2) is 0 Å². The third-order valence-corrected chi connectivity index (χ3v) is 3.15. The molecule has 0 fully saturated rings. The fourth-order valence-electron chi connectivity index (χ4n) is 2.15. The van der Waals surface area contributed by atoms with E-state index in [1.54, 1.807) is 0 Å². The Kier molecular flexibility index (Phi) is 2.93. The van der Waals surface area contributed by atoms with Crippen molar-refractivity contribution in [2.24, 2.45) is 5.90 Å². The fourth-order valence-corrected chi connectivity index (χ4v) is 2.15. The number of likely N-dealkylation sites (N-methyl/N-ethyl adjacent to an activating group) is 1. The van der Waals surface area contributed by atoms with Crippen LogP contribution in [0.3, 0.4) is 0 Å². The van der Waals surface area contributed by atoms with Crippen molar-refractivity contribution < 1.29 is 4.84 Å².